The summed E-state index contributed by atoms with van der Waals surface area (Å²) in [4.78, 5) is 25.9. The molecule has 5 heteroatoms. The van der Waals surface area contributed by atoms with E-state index in [0.29, 0.717) is 23.8 Å². The number of carbonyl (C=O) groups excluding carboxylic acids is 2. The summed E-state index contributed by atoms with van der Waals surface area (Å²) in [6.45, 7) is 2.23. The highest BCUT2D eigenvalue weighted by Crippen LogP contribution is 2.28. The molecule has 2 aromatic rings. The Morgan fingerprint density at radius 1 is 1.03 bits per heavy atom. The lowest BCUT2D eigenvalue weighted by Gasteiger charge is -2.27. The normalized spacial score (nSPS) is 19.8. The molecule has 29 heavy (non-hydrogen) atoms. The van der Waals surface area contributed by atoms with Gasteiger partial charge in [0, 0.05) is 24.1 Å². The number of methoxy groups -OCH3 is 1. The molecule has 1 fully saturated rings. The fourth-order valence-electron chi connectivity index (χ4n) is 3.80. The summed E-state index contributed by atoms with van der Waals surface area (Å²) in [5, 5.41) is 5.94. The topological polar surface area (TPSA) is 67.4 Å². The number of hydrogen-bond donors (Lipinski definition) is 2. The van der Waals surface area contributed by atoms with Crippen molar-refractivity contribution in [2.75, 3.05) is 12.4 Å². The lowest BCUT2D eigenvalue weighted by molar-refractivity contribution is -0.130. The third kappa shape index (κ3) is 6.08. The van der Waals surface area contributed by atoms with Gasteiger partial charge in [-0.05, 0) is 49.3 Å². The van der Waals surface area contributed by atoms with Crippen LogP contribution in [0.1, 0.15) is 38.2 Å². The van der Waals surface area contributed by atoms with Crippen LogP contribution < -0.4 is 15.4 Å². The van der Waals surface area contributed by atoms with Crippen LogP contribution in [-0.4, -0.2) is 25.0 Å². The van der Waals surface area contributed by atoms with Gasteiger partial charge in [0.1, 0.15) is 11.8 Å². The number of nitrogens with one attached hydrogen (secondary N) is 2. The molecule has 2 amide bonds. The van der Waals surface area contributed by atoms with E-state index < -0.39 is 6.04 Å². The minimum absolute atomic E-state index is 0.00547. The first-order chi connectivity index (χ1) is 14.0. The molecule has 1 aliphatic rings. The summed E-state index contributed by atoms with van der Waals surface area (Å²) < 4.78 is 5.22. The number of anilines is 1. The van der Waals surface area contributed by atoms with Gasteiger partial charge in [-0.15, -0.1) is 0 Å². The van der Waals surface area contributed by atoms with Crippen molar-refractivity contribution in [3.05, 3.63) is 60.2 Å². The third-order valence-electron chi connectivity index (χ3n) is 5.64. The number of hydrogen-bond acceptors (Lipinski definition) is 3. The Kier molecular flexibility index (Phi) is 7.28. The molecule has 5 nitrogen and oxygen atoms in total. The molecule has 0 radical (unpaired) electrons. The zero-order chi connectivity index (χ0) is 20.6. The first kappa shape index (κ1) is 20.9. The van der Waals surface area contributed by atoms with E-state index in [1.54, 1.807) is 13.2 Å². The Balaban J connectivity index is 1.71. The van der Waals surface area contributed by atoms with Crippen LogP contribution in [0.15, 0.2) is 54.6 Å². The molecule has 0 unspecified atom stereocenters. The molecule has 0 heterocycles. The predicted molar refractivity (Wildman–Crippen MR) is 115 cm³/mol. The van der Waals surface area contributed by atoms with Crippen molar-refractivity contribution in [3.8, 4) is 5.75 Å². The zero-order valence-electron chi connectivity index (χ0n) is 17.2. The van der Waals surface area contributed by atoms with Crippen molar-refractivity contribution < 1.29 is 14.3 Å². The van der Waals surface area contributed by atoms with Gasteiger partial charge in [-0.25, -0.2) is 0 Å². The molecule has 154 valence electrons. The van der Waals surface area contributed by atoms with Crippen LogP contribution in [0.2, 0.25) is 0 Å². The molecule has 2 aromatic carbocycles. The van der Waals surface area contributed by atoms with E-state index in [2.05, 4.69) is 17.6 Å². The van der Waals surface area contributed by atoms with E-state index in [1.807, 2.05) is 48.5 Å². The molecule has 1 aliphatic carbocycles. The molecular formula is C24H30N2O3. The van der Waals surface area contributed by atoms with Crippen molar-refractivity contribution >= 4 is 17.5 Å². The molecule has 0 aliphatic heterocycles. The van der Waals surface area contributed by atoms with Gasteiger partial charge in [-0.2, -0.15) is 0 Å². The molecule has 1 atom stereocenters. The average Bonchev–Trinajstić information content (AvgIpc) is 2.74. The standard InChI is InChI=1S/C24H30N2O3/c1-17-11-13-19(14-12-17)23(27)26-22(15-18-7-4-3-5-8-18)24(28)25-20-9-6-10-21(16-20)29-2/h3-10,16-17,19,22H,11-15H2,1-2H3,(H,25,28)(H,26,27)/t17?,19?,22-/m1/s1. The smallest absolute Gasteiger partial charge is 0.247 e. The molecule has 2 N–H and O–H groups in total. The number of rotatable bonds is 7. The van der Waals surface area contributed by atoms with Gasteiger partial charge in [-0.3, -0.25) is 9.59 Å². The van der Waals surface area contributed by atoms with Crippen LogP contribution in [0.3, 0.4) is 0 Å². The van der Waals surface area contributed by atoms with E-state index in [4.69, 9.17) is 4.74 Å². The monoisotopic (exact) mass is 394 g/mol. The second-order valence-corrected chi connectivity index (χ2v) is 7.93. The van der Waals surface area contributed by atoms with Crippen LogP contribution in [0.5, 0.6) is 5.75 Å². The fourth-order valence-corrected chi connectivity index (χ4v) is 3.80. The summed E-state index contributed by atoms with van der Waals surface area (Å²) in [6, 6.07) is 16.4. The average molecular weight is 395 g/mol. The van der Waals surface area contributed by atoms with Crippen molar-refractivity contribution in [1.29, 1.82) is 0 Å². The Bertz CT molecular complexity index is 814. The Morgan fingerprint density at radius 3 is 2.45 bits per heavy atom. The number of benzene rings is 2. The van der Waals surface area contributed by atoms with E-state index in [0.717, 1.165) is 31.2 Å². The number of carbonyl (C=O) groups is 2. The van der Waals surface area contributed by atoms with E-state index in [9.17, 15) is 9.59 Å². The number of ether oxygens (including phenoxy) is 1. The van der Waals surface area contributed by atoms with Crippen LogP contribution in [0, 0.1) is 11.8 Å². The summed E-state index contributed by atoms with van der Waals surface area (Å²) in [7, 11) is 1.59. The minimum atomic E-state index is -0.629. The molecule has 0 bridgehead atoms. The van der Waals surface area contributed by atoms with Crippen molar-refractivity contribution in [2.24, 2.45) is 11.8 Å². The highest BCUT2D eigenvalue weighted by Gasteiger charge is 2.28. The highest BCUT2D eigenvalue weighted by atomic mass is 16.5. The minimum Gasteiger partial charge on any atom is -0.497 e. The molecular weight excluding hydrogens is 364 g/mol. The van der Waals surface area contributed by atoms with Gasteiger partial charge < -0.3 is 15.4 Å². The van der Waals surface area contributed by atoms with Gasteiger partial charge >= 0.3 is 0 Å². The maximum absolute atomic E-state index is 13.0. The van der Waals surface area contributed by atoms with E-state index >= 15 is 0 Å². The van der Waals surface area contributed by atoms with E-state index in [1.165, 1.54) is 0 Å². The van der Waals surface area contributed by atoms with Gasteiger partial charge in [0.05, 0.1) is 7.11 Å². The first-order valence-corrected chi connectivity index (χ1v) is 10.3. The fraction of sp³-hybridized carbons (Fsp3) is 0.417. The van der Waals surface area contributed by atoms with Gasteiger partial charge in [0.15, 0.2) is 0 Å². The zero-order valence-corrected chi connectivity index (χ0v) is 17.2. The first-order valence-electron chi connectivity index (χ1n) is 10.3. The Morgan fingerprint density at radius 2 is 1.76 bits per heavy atom. The molecule has 1 saturated carbocycles. The summed E-state index contributed by atoms with van der Waals surface area (Å²) >= 11 is 0. The van der Waals surface area contributed by atoms with Gasteiger partial charge in [0.25, 0.3) is 0 Å². The summed E-state index contributed by atoms with van der Waals surface area (Å²) in [6.07, 6.45) is 4.37. The highest BCUT2D eigenvalue weighted by molar-refractivity contribution is 5.97. The molecule has 0 aromatic heterocycles. The third-order valence-corrected chi connectivity index (χ3v) is 5.64. The maximum Gasteiger partial charge on any atom is 0.247 e. The lowest BCUT2D eigenvalue weighted by Crippen LogP contribution is -2.47. The van der Waals surface area contributed by atoms with Crippen molar-refractivity contribution in [3.63, 3.8) is 0 Å². The Labute approximate surface area is 172 Å². The van der Waals surface area contributed by atoms with Crippen molar-refractivity contribution in [2.45, 2.75) is 45.1 Å². The lowest BCUT2D eigenvalue weighted by atomic mass is 9.82. The molecule has 3 rings (SSSR count). The summed E-state index contributed by atoms with van der Waals surface area (Å²) in [5.41, 5.74) is 1.66. The summed E-state index contributed by atoms with van der Waals surface area (Å²) in [5.74, 6) is 1.10. The second-order valence-electron chi connectivity index (χ2n) is 7.93. The van der Waals surface area contributed by atoms with Crippen molar-refractivity contribution in [1.82, 2.24) is 5.32 Å². The quantitative estimate of drug-likeness (QED) is 0.740. The van der Waals surface area contributed by atoms with Crippen LogP contribution in [0.25, 0.3) is 0 Å². The second kappa shape index (κ2) is 10.1. The number of amides is 2. The SMILES string of the molecule is COc1cccc(NC(=O)[C@@H](Cc2ccccc2)NC(=O)C2CCC(C)CC2)c1. The molecule has 0 saturated heterocycles. The predicted octanol–water partition coefficient (Wildman–Crippen LogP) is 4.19. The van der Waals surface area contributed by atoms with Gasteiger partial charge in [-0.1, -0.05) is 43.3 Å². The van der Waals surface area contributed by atoms with Gasteiger partial charge in [0.2, 0.25) is 11.8 Å². The van der Waals surface area contributed by atoms with E-state index in [-0.39, 0.29) is 17.7 Å². The van der Waals surface area contributed by atoms with Crippen LogP contribution in [-0.2, 0) is 16.0 Å². The molecule has 0 spiro atoms. The maximum atomic E-state index is 13.0. The Hall–Kier alpha value is -2.82. The largest absolute Gasteiger partial charge is 0.497 e. The van der Waals surface area contributed by atoms with Crippen LogP contribution >= 0.6 is 0 Å². The van der Waals surface area contributed by atoms with Crippen LogP contribution in [0.4, 0.5) is 5.69 Å².